The summed E-state index contributed by atoms with van der Waals surface area (Å²) in [6.45, 7) is 2.73. The molecule has 0 aliphatic carbocycles. The van der Waals surface area contributed by atoms with Gasteiger partial charge in [-0.3, -0.25) is 9.69 Å². The van der Waals surface area contributed by atoms with Crippen LogP contribution in [0.1, 0.15) is 33.5 Å². The van der Waals surface area contributed by atoms with Gasteiger partial charge in [-0.25, -0.2) is 9.07 Å². The molecule has 9 nitrogen and oxygen atoms in total. The first-order valence-corrected chi connectivity index (χ1v) is 11.3. The summed E-state index contributed by atoms with van der Waals surface area (Å²) in [7, 11) is 1.63. The summed E-state index contributed by atoms with van der Waals surface area (Å²) in [6, 6.07) is 17.2. The van der Waals surface area contributed by atoms with Gasteiger partial charge in [0.05, 0.1) is 26.0 Å². The minimum absolute atomic E-state index is 0.127. The van der Waals surface area contributed by atoms with Crippen molar-refractivity contribution >= 4 is 5.91 Å². The molecule has 10 heteroatoms. The van der Waals surface area contributed by atoms with Gasteiger partial charge in [-0.05, 0) is 58.0 Å². The first-order valence-electron chi connectivity index (χ1n) is 11.3. The van der Waals surface area contributed by atoms with Crippen molar-refractivity contribution in [2.24, 2.45) is 0 Å². The lowest BCUT2D eigenvalue weighted by atomic mass is 10.0. The second-order valence-electron chi connectivity index (χ2n) is 8.30. The Labute approximate surface area is 201 Å². The van der Waals surface area contributed by atoms with Crippen molar-refractivity contribution in [2.75, 3.05) is 33.3 Å². The number of furan rings is 1. The SMILES string of the molecule is COc1ccc(Cn2nnnc2C(c2ccc(F)cc2)N2CCN(C(=O)c3ccco3)CC2)cc1. The molecule has 1 amide bonds. The molecule has 0 saturated carbocycles. The van der Waals surface area contributed by atoms with Crippen LogP contribution in [-0.4, -0.2) is 69.2 Å². The fraction of sp³-hybridized carbons (Fsp3) is 0.280. The lowest BCUT2D eigenvalue weighted by Crippen LogP contribution is -2.50. The third-order valence-electron chi connectivity index (χ3n) is 6.18. The van der Waals surface area contributed by atoms with Crippen LogP contribution < -0.4 is 4.74 Å². The molecule has 180 valence electrons. The molecule has 1 unspecified atom stereocenters. The summed E-state index contributed by atoms with van der Waals surface area (Å²) >= 11 is 0. The molecule has 0 bridgehead atoms. The van der Waals surface area contributed by atoms with Crippen LogP contribution in [0.4, 0.5) is 4.39 Å². The zero-order valence-corrected chi connectivity index (χ0v) is 19.2. The average Bonchev–Trinajstić information content (AvgIpc) is 3.59. The van der Waals surface area contributed by atoms with Gasteiger partial charge in [0, 0.05) is 26.2 Å². The van der Waals surface area contributed by atoms with E-state index in [0.717, 1.165) is 16.9 Å². The Balaban J connectivity index is 1.39. The van der Waals surface area contributed by atoms with Crippen molar-refractivity contribution in [1.29, 1.82) is 0 Å². The third-order valence-corrected chi connectivity index (χ3v) is 6.18. The third kappa shape index (κ3) is 4.92. The summed E-state index contributed by atoms with van der Waals surface area (Å²) in [5.41, 5.74) is 1.90. The quantitative estimate of drug-likeness (QED) is 0.405. The fourth-order valence-electron chi connectivity index (χ4n) is 4.33. The largest absolute Gasteiger partial charge is 0.497 e. The molecular formula is C25H25FN6O3. The van der Waals surface area contributed by atoms with Crippen LogP contribution in [0.15, 0.2) is 71.3 Å². The molecule has 3 heterocycles. The van der Waals surface area contributed by atoms with E-state index in [0.29, 0.717) is 44.3 Å². The molecular weight excluding hydrogens is 451 g/mol. The molecule has 1 aliphatic heterocycles. The van der Waals surface area contributed by atoms with E-state index in [2.05, 4.69) is 20.4 Å². The van der Waals surface area contributed by atoms with E-state index in [-0.39, 0.29) is 17.8 Å². The van der Waals surface area contributed by atoms with Crippen LogP contribution in [0.25, 0.3) is 0 Å². The van der Waals surface area contributed by atoms with E-state index in [1.165, 1.54) is 18.4 Å². The van der Waals surface area contributed by atoms with Gasteiger partial charge in [0.15, 0.2) is 11.6 Å². The maximum absolute atomic E-state index is 13.7. The predicted molar refractivity (Wildman–Crippen MR) is 124 cm³/mol. The molecule has 1 atom stereocenters. The van der Waals surface area contributed by atoms with Gasteiger partial charge in [-0.1, -0.05) is 24.3 Å². The second-order valence-corrected chi connectivity index (χ2v) is 8.30. The molecule has 1 aliphatic rings. The normalized spacial score (nSPS) is 15.2. The van der Waals surface area contributed by atoms with Gasteiger partial charge in [0.1, 0.15) is 11.6 Å². The second kappa shape index (κ2) is 10.1. The summed E-state index contributed by atoms with van der Waals surface area (Å²) in [5, 5.41) is 12.5. The Kier molecular flexibility index (Phi) is 6.53. The standard InChI is InChI=1S/C25H25FN6O3/c1-34-21-10-4-18(5-11-21)17-32-24(27-28-29-32)23(19-6-8-20(26)9-7-19)30-12-14-31(15-13-30)25(33)22-3-2-16-35-22/h2-11,16,23H,12-15,17H2,1H3. The number of aromatic nitrogens is 4. The zero-order chi connectivity index (χ0) is 24.2. The number of rotatable bonds is 7. The number of hydrogen-bond donors (Lipinski definition) is 0. The highest BCUT2D eigenvalue weighted by molar-refractivity contribution is 5.91. The topological polar surface area (TPSA) is 89.5 Å². The number of piperazine rings is 1. The molecule has 1 fully saturated rings. The van der Waals surface area contributed by atoms with Gasteiger partial charge >= 0.3 is 0 Å². The summed E-state index contributed by atoms with van der Waals surface area (Å²) in [5.74, 6) is 1.32. The van der Waals surface area contributed by atoms with Gasteiger partial charge in [-0.2, -0.15) is 0 Å². The van der Waals surface area contributed by atoms with Crippen molar-refractivity contribution in [3.63, 3.8) is 0 Å². The van der Waals surface area contributed by atoms with Crippen molar-refractivity contribution in [2.45, 2.75) is 12.6 Å². The minimum Gasteiger partial charge on any atom is -0.497 e. The number of amides is 1. The Morgan fingerprint density at radius 2 is 1.80 bits per heavy atom. The van der Waals surface area contributed by atoms with Crippen molar-refractivity contribution in [3.05, 3.63) is 95.5 Å². The van der Waals surface area contributed by atoms with Crippen LogP contribution >= 0.6 is 0 Å². The lowest BCUT2D eigenvalue weighted by Gasteiger charge is -2.38. The number of methoxy groups -OCH3 is 1. The van der Waals surface area contributed by atoms with Gasteiger partial charge in [-0.15, -0.1) is 5.10 Å². The number of carbonyl (C=O) groups is 1. The van der Waals surface area contributed by atoms with Crippen molar-refractivity contribution in [1.82, 2.24) is 30.0 Å². The van der Waals surface area contributed by atoms with Crippen molar-refractivity contribution < 1.29 is 18.3 Å². The van der Waals surface area contributed by atoms with Gasteiger partial charge < -0.3 is 14.1 Å². The number of ether oxygens (including phenoxy) is 1. The number of halogens is 1. The number of nitrogens with zero attached hydrogens (tertiary/aromatic N) is 6. The summed E-state index contributed by atoms with van der Waals surface area (Å²) in [4.78, 5) is 16.7. The van der Waals surface area contributed by atoms with E-state index in [1.807, 2.05) is 24.3 Å². The maximum Gasteiger partial charge on any atom is 0.289 e. The van der Waals surface area contributed by atoms with Crippen LogP contribution in [0, 0.1) is 5.82 Å². The Bertz CT molecular complexity index is 1250. The van der Waals surface area contributed by atoms with Crippen LogP contribution in [-0.2, 0) is 6.54 Å². The first kappa shape index (κ1) is 22.7. The van der Waals surface area contributed by atoms with Crippen molar-refractivity contribution in [3.8, 4) is 5.75 Å². The molecule has 0 radical (unpaired) electrons. The number of tetrazole rings is 1. The first-order chi connectivity index (χ1) is 17.1. The highest BCUT2D eigenvalue weighted by Gasteiger charge is 2.32. The van der Waals surface area contributed by atoms with Crippen LogP contribution in [0.5, 0.6) is 5.75 Å². The molecule has 4 aromatic rings. The highest BCUT2D eigenvalue weighted by atomic mass is 19.1. The van der Waals surface area contributed by atoms with E-state index >= 15 is 0 Å². The fourth-order valence-corrected chi connectivity index (χ4v) is 4.33. The average molecular weight is 477 g/mol. The smallest absolute Gasteiger partial charge is 0.289 e. The Hall–Kier alpha value is -4.05. The monoisotopic (exact) mass is 476 g/mol. The minimum atomic E-state index is -0.306. The van der Waals surface area contributed by atoms with Gasteiger partial charge in [0.25, 0.3) is 5.91 Å². The summed E-state index contributed by atoms with van der Waals surface area (Å²) < 4.78 is 26.0. The van der Waals surface area contributed by atoms with Crippen LogP contribution in [0.2, 0.25) is 0 Å². The number of hydrogen-bond acceptors (Lipinski definition) is 7. The Morgan fingerprint density at radius 1 is 1.06 bits per heavy atom. The van der Waals surface area contributed by atoms with Crippen LogP contribution in [0.3, 0.4) is 0 Å². The van der Waals surface area contributed by atoms with E-state index in [1.54, 1.807) is 41.0 Å². The molecule has 0 spiro atoms. The van der Waals surface area contributed by atoms with Gasteiger partial charge in [0.2, 0.25) is 0 Å². The molecule has 35 heavy (non-hydrogen) atoms. The molecule has 1 saturated heterocycles. The number of carbonyl (C=O) groups excluding carboxylic acids is 1. The molecule has 2 aromatic carbocycles. The van der Waals surface area contributed by atoms with E-state index in [9.17, 15) is 9.18 Å². The molecule has 2 aromatic heterocycles. The molecule has 5 rings (SSSR count). The zero-order valence-electron chi connectivity index (χ0n) is 19.2. The number of benzene rings is 2. The maximum atomic E-state index is 13.7. The molecule has 0 N–H and O–H groups in total. The summed E-state index contributed by atoms with van der Waals surface area (Å²) in [6.07, 6.45) is 1.50. The Morgan fingerprint density at radius 3 is 2.46 bits per heavy atom. The predicted octanol–water partition coefficient (Wildman–Crippen LogP) is 3.01. The van der Waals surface area contributed by atoms with E-state index < -0.39 is 0 Å². The highest BCUT2D eigenvalue weighted by Crippen LogP contribution is 2.29. The van der Waals surface area contributed by atoms with E-state index in [4.69, 9.17) is 9.15 Å². The lowest BCUT2D eigenvalue weighted by molar-refractivity contribution is 0.0559.